The standard InChI is InChI=1S/C28H33N3O3/c1-28(33)13-15-31(16-14-28)17-18-34-24-10-7-22(8-11-24)23-9-12-26(30-20-23)25(27(29)32)19-21-5-3-2-4-6-21/h2-12,20,25,33H,13-19H2,1H3,(H2,29,32). The molecule has 34 heavy (non-hydrogen) atoms. The highest BCUT2D eigenvalue weighted by atomic mass is 16.5. The van der Waals surface area contributed by atoms with E-state index in [0.29, 0.717) is 18.7 Å². The number of piperidine rings is 1. The fraction of sp³-hybridized carbons (Fsp3) is 0.357. The average molecular weight is 460 g/mol. The van der Waals surface area contributed by atoms with Gasteiger partial charge in [0.05, 0.1) is 17.2 Å². The van der Waals surface area contributed by atoms with Gasteiger partial charge in [-0.05, 0) is 55.5 Å². The van der Waals surface area contributed by atoms with Crippen molar-refractivity contribution < 1.29 is 14.6 Å². The number of ether oxygens (including phenoxy) is 1. The van der Waals surface area contributed by atoms with Gasteiger partial charge in [0.15, 0.2) is 0 Å². The molecule has 0 saturated carbocycles. The SMILES string of the molecule is CC1(O)CCN(CCOc2ccc(-c3ccc(C(Cc4ccccc4)C(N)=O)nc3)cc2)CC1. The van der Waals surface area contributed by atoms with Crippen LogP contribution in [0.15, 0.2) is 72.9 Å². The molecule has 1 fully saturated rings. The predicted molar refractivity (Wildman–Crippen MR) is 134 cm³/mol. The average Bonchev–Trinajstić information content (AvgIpc) is 2.85. The number of amides is 1. The number of benzene rings is 2. The van der Waals surface area contributed by atoms with E-state index in [4.69, 9.17) is 10.5 Å². The van der Waals surface area contributed by atoms with Gasteiger partial charge in [-0.3, -0.25) is 14.7 Å². The number of hydrogen-bond donors (Lipinski definition) is 2. The number of aromatic nitrogens is 1. The third kappa shape index (κ3) is 6.43. The van der Waals surface area contributed by atoms with E-state index in [1.54, 1.807) is 6.20 Å². The Morgan fingerprint density at radius 2 is 1.74 bits per heavy atom. The monoisotopic (exact) mass is 459 g/mol. The lowest BCUT2D eigenvalue weighted by Gasteiger charge is -2.35. The maximum atomic E-state index is 12.1. The molecule has 0 bridgehead atoms. The first kappa shape index (κ1) is 23.9. The summed E-state index contributed by atoms with van der Waals surface area (Å²) < 4.78 is 5.91. The number of primary amides is 1. The van der Waals surface area contributed by atoms with Crippen LogP contribution >= 0.6 is 0 Å². The summed E-state index contributed by atoms with van der Waals surface area (Å²) >= 11 is 0. The molecule has 3 aromatic rings. The number of pyridine rings is 1. The van der Waals surface area contributed by atoms with E-state index in [9.17, 15) is 9.90 Å². The molecule has 1 atom stereocenters. The first-order chi connectivity index (χ1) is 16.4. The Bertz CT molecular complexity index is 1060. The van der Waals surface area contributed by atoms with Gasteiger partial charge in [-0.1, -0.05) is 48.5 Å². The molecule has 1 saturated heterocycles. The molecule has 0 spiro atoms. The number of hydrogen-bond acceptors (Lipinski definition) is 5. The molecule has 2 heterocycles. The number of nitrogens with zero attached hydrogens (tertiary/aromatic N) is 2. The van der Waals surface area contributed by atoms with Crippen molar-refractivity contribution in [2.45, 2.75) is 37.7 Å². The number of nitrogens with two attached hydrogens (primary N) is 1. The van der Waals surface area contributed by atoms with E-state index in [2.05, 4.69) is 9.88 Å². The van der Waals surface area contributed by atoms with Crippen LogP contribution in [-0.4, -0.2) is 52.7 Å². The van der Waals surface area contributed by atoms with Gasteiger partial charge in [0.25, 0.3) is 0 Å². The molecule has 0 radical (unpaired) electrons. The fourth-order valence-corrected chi connectivity index (χ4v) is 4.28. The lowest BCUT2D eigenvalue weighted by Crippen LogP contribution is -2.43. The minimum Gasteiger partial charge on any atom is -0.492 e. The van der Waals surface area contributed by atoms with Crippen molar-refractivity contribution in [1.29, 1.82) is 0 Å². The number of rotatable bonds is 9. The molecule has 6 nitrogen and oxygen atoms in total. The van der Waals surface area contributed by atoms with Gasteiger partial charge in [0.2, 0.25) is 5.91 Å². The molecule has 0 aliphatic carbocycles. The number of aliphatic hydroxyl groups is 1. The maximum absolute atomic E-state index is 12.1. The Labute approximate surface area is 201 Å². The van der Waals surface area contributed by atoms with Crippen molar-refractivity contribution in [3.63, 3.8) is 0 Å². The Hall–Kier alpha value is -3.22. The largest absolute Gasteiger partial charge is 0.492 e. The molecule has 1 aliphatic heterocycles. The van der Waals surface area contributed by atoms with Crippen molar-refractivity contribution in [3.8, 4) is 16.9 Å². The molecule has 1 aliphatic rings. The van der Waals surface area contributed by atoms with E-state index in [-0.39, 0.29) is 5.91 Å². The number of likely N-dealkylation sites (tertiary alicyclic amines) is 1. The zero-order valence-electron chi connectivity index (χ0n) is 19.7. The van der Waals surface area contributed by atoms with E-state index >= 15 is 0 Å². The maximum Gasteiger partial charge on any atom is 0.226 e. The second kappa shape index (κ2) is 10.8. The second-order valence-corrected chi connectivity index (χ2v) is 9.33. The van der Waals surface area contributed by atoms with E-state index in [1.165, 1.54) is 0 Å². The topological polar surface area (TPSA) is 88.7 Å². The Morgan fingerprint density at radius 1 is 1.06 bits per heavy atom. The normalized spacial score (nSPS) is 16.6. The van der Waals surface area contributed by atoms with Crippen LogP contribution in [0, 0.1) is 0 Å². The van der Waals surface area contributed by atoms with Gasteiger partial charge < -0.3 is 15.6 Å². The van der Waals surface area contributed by atoms with E-state index in [0.717, 1.165) is 54.9 Å². The van der Waals surface area contributed by atoms with Crippen LogP contribution in [0.25, 0.3) is 11.1 Å². The first-order valence-corrected chi connectivity index (χ1v) is 11.9. The summed E-state index contributed by atoms with van der Waals surface area (Å²) in [5.74, 6) is -0.00669. The van der Waals surface area contributed by atoms with Crippen LogP contribution in [0.5, 0.6) is 5.75 Å². The lowest BCUT2D eigenvalue weighted by atomic mass is 9.94. The predicted octanol–water partition coefficient (Wildman–Crippen LogP) is 3.79. The second-order valence-electron chi connectivity index (χ2n) is 9.33. The zero-order chi connectivity index (χ0) is 24.0. The molecule has 1 aromatic heterocycles. The van der Waals surface area contributed by atoms with Gasteiger partial charge in [-0.15, -0.1) is 0 Å². The van der Waals surface area contributed by atoms with Crippen LogP contribution < -0.4 is 10.5 Å². The Morgan fingerprint density at radius 3 is 2.35 bits per heavy atom. The van der Waals surface area contributed by atoms with E-state index < -0.39 is 11.5 Å². The van der Waals surface area contributed by atoms with Gasteiger partial charge in [0.1, 0.15) is 12.4 Å². The van der Waals surface area contributed by atoms with Gasteiger partial charge in [0, 0.05) is 31.4 Å². The molecule has 1 amide bonds. The van der Waals surface area contributed by atoms with Gasteiger partial charge in [-0.25, -0.2) is 0 Å². The van der Waals surface area contributed by atoms with Crippen molar-refractivity contribution in [2.75, 3.05) is 26.2 Å². The Balaban J connectivity index is 1.32. The van der Waals surface area contributed by atoms with Crippen LogP contribution in [0.1, 0.15) is 36.9 Å². The summed E-state index contributed by atoms with van der Waals surface area (Å²) in [5, 5.41) is 10.1. The molecule has 4 rings (SSSR count). The smallest absolute Gasteiger partial charge is 0.226 e. The molecular formula is C28H33N3O3. The van der Waals surface area contributed by atoms with Crippen LogP contribution in [0.4, 0.5) is 0 Å². The summed E-state index contributed by atoms with van der Waals surface area (Å²) in [7, 11) is 0. The lowest BCUT2D eigenvalue weighted by molar-refractivity contribution is -0.119. The van der Waals surface area contributed by atoms with Crippen molar-refractivity contribution >= 4 is 5.91 Å². The summed E-state index contributed by atoms with van der Waals surface area (Å²) in [6, 6.07) is 21.7. The minimum atomic E-state index is -0.525. The van der Waals surface area contributed by atoms with Crippen LogP contribution in [0.3, 0.4) is 0 Å². The molecule has 178 valence electrons. The molecule has 6 heteroatoms. The summed E-state index contributed by atoms with van der Waals surface area (Å²) in [6.45, 7) is 5.19. The van der Waals surface area contributed by atoms with Crippen LogP contribution in [-0.2, 0) is 11.2 Å². The molecule has 3 N–H and O–H groups in total. The molecular weight excluding hydrogens is 426 g/mol. The highest BCUT2D eigenvalue weighted by Crippen LogP contribution is 2.25. The summed E-state index contributed by atoms with van der Waals surface area (Å²) in [4.78, 5) is 18.9. The summed E-state index contributed by atoms with van der Waals surface area (Å²) in [5.41, 5.74) is 8.89. The highest BCUT2D eigenvalue weighted by molar-refractivity contribution is 5.82. The van der Waals surface area contributed by atoms with Gasteiger partial charge in [-0.2, -0.15) is 0 Å². The first-order valence-electron chi connectivity index (χ1n) is 11.9. The molecule has 1 unspecified atom stereocenters. The quantitative estimate of drug-likeness (QED) is 0.508. The number of carbonyl (C=O) groups excluding carboxylic acids is 1. The highest BCUT2D eigenvalue weighted by Gasteiger charge is 2.27. The van der Waals surface area contributed by atoms with Crippen LogP contribution in [0.2, 0.25) is 0 Å². The third-order valence-electron chi connectivity index (χ3n) is 6.57. The molecule has 2 aromatic carbocycles. The van der Waals surface area contributed by atoms with Gasteiger partial charge >= 0.3 is 0 Å². The fourth-order valence-electron chi connectivity index (χ4n) is 4.28. The number of carbonyl (C=O) groups is 1. The van der Waals surface area contributed by atoms with Crippen molar-refractivity contribution in [2.24, 2.45) is 5.73 Å². The Kier molecular flexibility index (Phi) is 7.60. The van der Waals surface area contributed by atoms with Crippen molar-refractivity contribution in [3.05, 3.63) is 84.2 Å². The van der Waals surface area contributed by atoms with E-state index in [1.807, 2.05) is 73.7 Å². The summed E-state index contributed by atoms with van der Waals surface area (Å²) in [6.07, 6.45) is 3.94. The third-order valence-corrected chi connectivity index (χ3v) is 6.57. The van der Waals surface area contributed by atoms with Crippen molar-refractivity contribution in [1.82, 2.24) is 9.88 Å². The zero-order valence-corrected chi connectivity index (χ0v) is 19.7. The minimum absolute atomic E-state index is 0.375.